The Hall–Kier alpha value is -1.42. The highest BCUT2D eigenvalue weighted by Gasteiger charge is 2.33. The van der Waals surface area contributed by atoms with E-state index in [1.807, 2.05) is 10.8 Å². The van der Waals surface area contributed by atoms with Crippen LogP contribution >= 0.6 is 0 Å². The summed E-state index contributed by atoms with van der Waals surface area (Å²) in [6, 6.07) is 6.55. The lowest BCUT2D eigenvalue weighted by Gasteiger charge is -2.23. The van der Waals surface area contributed by atoms with E-state index in [0.29, 0.717) is 5.92 Å². The molecule has 1 aliphatic carbocycles. The zero-order valence-corrected chi connectivity index (χ0v) is 15.1. The molecular formula is C18H26NO2Si+. The molecule has 2 unspecified atom stereocenters. The van der Waals surface area contributed by atoms with Gasteiger partial charge in [0, 0.05) is 12.3 Å². The van der Waals surface area contributed by atoms with Gasteiger partial charge in [-0.3, -0.25) is 0 Å². The quantitative estimate of drug-likeness (QED) is 0.629. The van der Waals surface area contributed by atoms with Gasteiger partial charge in [-0.2, -0.15) is 4.79 Å². The van der Waals surface area contributed by atoms with Crippen LogP contribution in [0.5, 0.6) is 0 Å². The molecule has 0 bridgehead atoms. The molecule has 1 aromatic carbocycles. The van der Waals surface area contributed by atoms with Crippen molar-refractivity contribution in [3.63, 3.8) is 0 Å². The maximum absolute atomic E-state index is 12.6. The molecule has 1 fully saturated rings. The van der Waals surface area contributed by atoms with Crippen LogP contribution in [0.2, 0.25) is 19.6 Å². The van der Waals surface area contributed by atoms with Crippen LogP contribution in [0.25, 0.3) is 11.0 Å². The van der Waals surface area contributed by atoms with E-state index in [1.165, 1.54) is 24.4 Å². The van der Waals surface area contributed by atoms with Crippen LogP contribution in [-0.2, 0) is 0 Å². The zero-order chi connectivity index (χ0) is 15.9. The third-order valence-corrected chi connectivity index (χ3v) is 6.97. The molecule has 0 aliphatic heterocycles. The summed E-state index contributed by atoms with van der Waals surface area (Å²) in [6.45, 7) is 9.10. The van der Waals surface area contributed by atoms with Crippen molar-refractivity contribution in [3.05, 3.63) is 34.9 Å². The van der Waals surface area contributed by atoms with Gasteiger partial charge in [0.15, 0.2) is 12.2 Å². The third kappa shape index (κ3) is 2.76. The number of aromatic nitrogens is 1. The van der Waals surface area contributed by atoms with Crippen molar-refractivity contribution in [2.24, 2.45) is 5.92 Å². The van der Waals surface area contributed by atoms with Gasteiger partial charge >= 0.3 is 5.76 Å². The molecule has 0 saturated heterocycles. The minimum absolute atomic E-state index is 0.197. The van der Waals surface area contributed by atoms with E-state index in [-0.39, 0.29) is 11.8 Å². The van der Waals surface area contributed by atoms with Gasteiger partial charge in [-0.05, 0) is 24.1 Å². The second-order valence-electron chi connectivity index (χ2n) is 7.71. The van der Waals surface area contributed by atoms with E-state index in [0.717, 1.165) is 17.4 Å². The molecule has 0 amide bonds. The average molecular weight is 316 g/mol. The Bertz CT molecular complexity index is 745. The maximum Gasteiger partial charge on any atom is 0.602 e. The van der Waals surface area contributed by atoms with Crippen LogP contribution in [0.15, 0.2) is 33.6 Å². The van der Waals surface area contributed by atoms with Crippen LogP contribution in [0.3, 0.4) is 0 Å². The van der Waals surface area contributed by atoms with E-state index in [2.05, 4.69) is 44.8 Å². The number of hydrogen-bond acceptors (Lipinski definition) is 2. The van der Waals surface area contributed by atoms with Crippen molar-refractivity contribution < 1.29 is 8.98 Å². The van der Waals surface area contributed by atoms with Crippen LogP contribution < -0.4 is 15.5 Å². The molecule has 2 aromatic rings. The number of benzene rings is 1. The van der Waals surface area contributed by atoms with E-state index in [9.17, 15) is 4.79 Å². The van der Waals surface area contributed by atoms with Gasteiger partial charge in [0.05, 0.1) is 13.5 Å². The first kappa shape index (κ1) is 15.5. The summed E-state index contributed by atoms with van der Waals surface area (Å²) < 4.78 is 7.64. The number of hydrogen-bond donors (Lipinski definition) is 0. The Balaban J connectivity index is 2.16. The Labute approximate surface area is 133 Å². The highest BCUT2D eigenvalue weighted by molar-refractivity contribution is 6.90. The summed E-state index contributed by atoms with van der Waals surface area (Å²) in [5.41, 5.74) is 0.798. The van der Waals surface area contributed by atoms with Crippen LogP contribution in [0, 0.1) is 5.92 Å². The molecule has 3 nitrogen and oxygen atoms in total. The minimum Gasteiger partial charge on any atom is -0.372 e. The molecule has 1 saturated carbocycles. The Morgan fingerprint density at radius 3 is 2.59 bits per heavy atom. The van der Waals surface area contributed by atoms with Crippen LogP contribution in [-0.4, -0.2) is 8.07 Å². The van der Waals surface area contributed by atoms with Crippen molar-refractivity contribution in [2.75, 3.05) is 0 Å². The van der Waals surface area contributed by atoms with Crippen molar-refractivity contribution in [1.82, 2.24) is 0 Å². The van der Waals surface area contributed by atoms with E-state index in [4.69, 9.17) is 4.42 Å². The molecule has 118 valence electrons. The van der Waals surface area contributed by atoms with Crippen molar-refractivity contribution in [2.45, 2.75) is 58.3 Å². The van der Waals surface area contributed by atoms with Gasteiger partial charge < -0.3 is 4.42 Å². The number of nitrogens with zero attached hydrogens (tertiary/aromatic N) is 1. The summed E-state index contributed by atoms with van der Waals surface area (Å²) >= 11 is 0. The minimum atomic E-state index is -1.53. The predicted molar refractivity (Wildman–Crippen MR) is 92.3 cm³/mol. The van der Waals surface area contributed by atoms with Gasteiger partial charge in [-0.25, -0.2) is 0 Å². The molecule has 1 aromatic heterocycles. The number of rotatable bonds is 2. The fourth-order valence-electron chi connectivity index (χ4n) is 3.64. The third-order valence-electron chi connectivity index (χ3n) is 4.96. The number of para-hydroxylation sites is 1. The first-order valence-corrected chi connectivity index (χ1v) is 11.9. The standard InChI is InChI=1S/C18H26NO2Si/c1-13-8-5-6-10-15(13)19-12-14-9-7-11-16(22(2,3)4)17(14)21-18(19)20/h7,9,11-13,15H,5-6,8,10H2,1-4H3/q+1. The fraction of sp³-hybridized carbons (Fsp3) is 0.556. The lowest BCUT2D eigenvalue weighted by molar-refractivity contribution is -0.753. The van der Waals surface area contributed by atoms with E-state index in [1.54, 1.807) is 0 Å². The molecule has 3 rings (SSSR count). The Morgan fingerprint density at radius 1 is 1.18 bits per heavy atom. The first-order valence-electron chi connectivity index (χ1n) is 8.36. The van der Waals surface area contributed by atoms with Crippen LogP contribution in [0.4, 0.5) is 0 Å². The number of fused-ring (bicyclic) bond motifs is 1. The van der Waals surface area contributed by atoms with Crippen LogP contribution in [0.1, 0.15) is 38.6 Å². The molecule has 0 radical (unpaired) electrons. The van der Waals surface area contributed by atoms with Gasteiger partial charge in [0.1, 0.15) is 5.58 Å². The highest BCUT2D eigenvalue weighted by Crippen LogP contribution is 2.29. The van der Waals surface area contributed by atoms with Gasteiger partial charge in [-0.1, -0.05) is 45.1 Å². The SMILES string of the molecule is CC1CCCCC1[n+]1cc2cccc([Si](C)(C)C)c2oc1=O. The smallest absolute Gasteiger partial charge is 0.372 e. The highest BCUT2D eigenvalue weighted by atomic mass is 28.3. The second kappa shape index (κ2) is 5.65. The first-order chi connectivity index (χ1) is 10.4. The molecular weight excluding hydrogens is 290 g/mol. The average Bonchev–Trinajstić information content (AvgIpc) is 2.46. The van der Waals surface area contributed by atoms with Crippen molar-refractivity contribution >= 4 is 24.2 Å². The lowest BCUT2D eigenvalue weighted by atomic mass is 9.86. The summed E-state index contributed by atoms with van der Waals surface area (Å²) in [5, 5.41) is 2.28. The normalized spacial score (nSPS) is 22.9. The van der Waals surface area contributed by atoms with Crippen molar-refractivity contribution in [1.29, 1.82) is 0 Å². The van der Waals surface area contributed by atoms with Gasteiger partial charge in [0.25, 0.3) is 0 Å². The second-order valence-corrected chi connectivity index (χ2v) is 12.7. The molecule has 1 aliphatic rings. The zero-order valence-electron chi connectivity index (χ0n) is 14.1. The summed E-state index contributed by atoms with van der Waals surface area (Å²) in [7, 11) is -1.53. The summed E-state index contributed by atoms with van der Waals surface area (Å²) in [4.78, 5) is 12.6. The topological polar surface area (TPSA) is 34.1 Å². The largest absolute Gasteiger partial charge is 0.602 e. The molecule has 0 N–H and O–H groups in total. The van der Waals surface area contributed by atoms with Gasteiger partial charge in [0.2, 0.25) is 0 Å². The van der Waals surface area contributed by atoms with Crippen molar-refractivity contribution in [3.8, 4) is 0 Å². The molecule has 0 spiro atoms. The maximum atomic E-state index is 12.6. The lowest BCUT2D eigenvalue weighted by Crippen LogP contribution is -2.56. The summed E-state index contributed by atoms with van der Waals surface area (Å²) in [6.07, 6.45) is 6.78. The van der Waals surface area contributed by atoms with E-state index >= 15 is 0 Å². The monoisotopic (exact) mass is 316 g/mol. The molecule has 22 heavy (non-hydrogen) atoms. The molecule has 1 heterocycles. The Kier molecular flexibility index (Phi) is 3.97. The fourth-order valence-corrected chi connectivity index (χ4v) is 5.12. The molecule has 4 heteroatoms. The van der Waals surface area contributed by atoms with Gasteiger partial charge in [-0.15, -0.1) is 4.57 Å². The predicted octanol–water partition coefficient (Wildman–Crippen LogP) is 3.38. The van der Waals surface area contributed by atoms with E-state index < -0.39 is 8.07 Å². The molecule has 2 atom stereocenters. The summed E-state index contributed by atoms with van der Waals surface area (Å²) in [5.74, 6) is 0.344. The Morgan fingerprint density at radius 2 is 1.91 bits per heavy atom.